The number of aryl methyl sites for hydroxylation is 1. The number of aromatic nitrogens is 3. The van der Waals surface area contributed by atoms with Crippen LogP contribution >= 0.6 is 34.8 Å². The summed E-state index contributed by atoms with van der Waals surface area (Å²) in [7, 11) is 0. The third-order valence-electron chi connectivity index (χ3n) is 4.34. The Morgan fingerprint density at radius 1 is 0.933 bits per heavy atom. The molecule has 0 atom stereocenters. The number of carbonyl (C=O) groups excluding carboxylic acids is 1. The summed E-state index contributed by atoms with van der Waals surface area (Å²) in [4.78, 5) is 17.3. The zero-order valence-corrected chi connectivity index (χ0v) is 18.0. The first kappa shape index (κ1) is 20.4. The van der Waals surface area contributed by atoms with Crippen molar-refractivity contribution in [3.63, 3.8) is 0 Å². The number of anilines is 1. The maximum absolute atomic E-state index is 12.8. The summed E-state index contributed by atoms with van der Waals surface area (Å²) in [6.45, 7) is 1.99. The number of nitrogens with one attached hydrogen (secondary N) is 1. The Hall–Kier alpha value is -2.86. The molecule has 8 heteroatoms. The number of nitrogens with zero attached hydrogens (tertiary/aromatic N) is 3. The summed E-state index contributed by atoms with van der Waals surface area (Å²) in [6, 6.07) is 19.8. The average molecular weight is 458 g/mol. The summed E-state index contributed by atoms with van der Waals surface area (Å²) in [6.07, 6.45) is 0. The minimum absolute atomic E-state index is 0.0209. The maximum Gasteiger partial charge on any atom is 0.295 e. The van der Waals surface area contributed by atoms with Crippen molar-refractivity contribution >= 4 is 46.4 Å². The van der Waals surface area contributed by atoms with Gasteiger partial charge in [0.25, 0.3) is 5.91 Å². The van der Waals surface area contributed by atoms with E-state index in [9.17, 15) is 4.79 Å². The minimum Gasteiger partial charge on any atom is -0.319 e. The van der Waals surface area contributed by atoms with Gasteiger partial charge in [-0.25, -0.2) is 9.67 Å². The Morgan fingerprint density at radius 3 is 2.40 bits per heavy atom. The average Bonchev–Trinajstić information content (AvgIpc) is 3.17. The Balaban J connectivity index is 1.75. The number of rotatable bonds is 4. The molecule has 1 amide bonds. The largest absolute Gasteiger partial charge is 0.319 e. The fourth-order valence-electron chi connectivity index (χ4n) is 2.90. The van der Waals surface area contributed by atoms with Crippen LogP contribution < -0.4 is 5.32 Å². The normalized spacial score (nSPS) is 10.8. The van der Waals surface area contributed by atoms with Gasteiger partial charge in [0.2, 0.25) is 5.82 Å². The summed E-state index contributed by atoms with van der Waals surface area (Å²) >= 11 is 18.0. The molecule has 1 aromatic heterocycles. The molecule has 0 unspecified atom stereocenters. The number of benzene rings is 3. The Morgan fingerprint density at radius 2 is 1.70 bits per heavy atom. The van der Waals surface area contributed by atoms with Crippen LogP contribution in [0.5, 0.6) is 0 Å². The fourth-order valence-corrected chi connectivity index (χ4v) is 3.33. The van der Waals surface area contributed by atoms with Gasteiger partial charge in [-0.15, -0.1) is 5.10 Å². The lowest BCUT2D eigenvalue weighted by Crippen LogP contribution is -2.14. The van der Waals surface area contributed by atoms with Crippen LogP contribution in [-0.2, 0) is 0 Å². The second-order valence-corrected chi connectivity index (χ2v) is 7.85. The first-order valence-corrected chi connectivity index (χ1v) is 10.1. The number of halogens is 3. The van der Waals surface area contributed by atoms with Crippen LogP contribution in [0.3, 0.4) is 0 Å². The topological polar surface area (TPSA) is 59.8 Å². The number of amides is 1. The van der Waals surface area contributed by atoms with E-state index in [1.165, 1.54) is 0 Å². The molecule has 4 rings (SSSR count). The van der Waals surface area contributed by atoms with Crippen molar-refractivity contribution in [3.05, 3.63) is 93.2 Å². The van der Waals surface area contributed by atoms with Gasteiger partial charge >= 0.3 is 0 Å². The zero-order valence-electron chi connectivity index (χ0n) is 15.7. The Bertz CT molecular complexity index is 1240. The van der Waals surface area contributed by atoms with Crippen LogP contribution in [0.1, 0.15) is 16.2 Å². The van der Waals surface area contributed by atoms with Gasteiger partial charge in [0.1, 0.15) is 0 Å². The third-order valence-corrected chi connectivity index (χ3v) is 5.33. The van der Waals surface area contributed by atoms with Gasteiger partial charge in [-0.3, -0.25) is 4.79 Å². The zero-order chi connectivity index (χ0) is 21.3. The molecule has 3 aromatic carbocycles. The molecule has 150 valence electrons. The fraction of sp³-hybridized carbons (Fsp3) is 0.0455. The minimum atomic E-state index is -0.463. The summed E-state index contributed by atoms with van der Waals surface area (Å²) in [5.74, 6) is 0.0999. The SMILES string of the molecule is Cc1cccc(-c2nc(C(=O)Nc3ccc(Cl)c(Cl)c3)nn2-c2ccc(Cl)cc2)c1. The first-order chi connectivity index (χ1) is 14.4. The van der Waals surface area contributed by atoms with E-state index >= 15 is 0 Å². The van der Waals surface area contributed by atoms with Crippen LogP contribution in [0.2, 0.25) is 15.1 Å². The molecule has 30 heavy (non-hydrogen) atoms. The molecule has 0 spiro atoms. The molecular weight excluding hydrogens is 443 g/mol. The van der Waals surface area contributed by atoms with E-state index in [1.807, 2.05) is 43.3 Å². The molecule has 5 nitrogen and oxygen atoms in total. The molecule has 1 N–H and O–H groups in total. The number of carbonyl (C=O) groups is 1. The lowest BCUT2D eigenvalue weighted by Gasteiger charge is -2.06. The van der Waals surface area contributed by atoms with E-state index in [-0.39, 0.29) is 5.82 Å². The molecule has 0 saturated carbocycles. The monoisotopic (exact) mass is 456 g/mol. The van der Waals surface area contributed by atoms with E-state index in [2.05, 4.69) is 15.4 Å². The van der Waals surface area contributed by atoms with Crippen LogP contribution in [0.4, 0.5) is 5.69 Å². The van der Waals surface area contributed by atoms with Gasteiger partial charge in [0.15, 0.2) is 5.82 Å². The summed E-state index contributed by atoms with van der Waals surface area (Å²) in [5.41, 5.74) is 3.14. The summed E-state index contributed by atoms with van der Waals surface area (Å²) in [5, 5.41) is 8.54. The number of hydrogen-bond acceptors (Lipinski definition) is 3. The van der Waals surface area contributed by atoms with Gasteiger partial charge in [0.05, 0.1) is 15.7 Å². The molecule has 0 aliphatic carbocycles. The van der Waals surface area contributed by atoms with Crippen LogP contribution in [-0.4, -0.2) is 20.7 Å². The van der Waals surface area contributed by atoms with Crippen molar-refractivity contribution in [1.82, 2.24) is 14.8 Å². The molecule has 0 bridgehead atoms. The lowest BCUT2D eigenvalue weighted by atomic mass is 10.1. The van der Waals surface area contributed by atoms with Gasteiger partial charge < -0.3 is 5.32 Å². The van der Waals surface area contributed by atoms with Crippen LogP contribution in [0.15, 0.2) is 66.7 Å². The van der Waals surface area contributed by atoms with E-state index in [0.717, 1.165) is 16.8 Å². The van der Waals surface area contributed by atoms with Gasteiger partial charge in [-0.2, -0.15) is 0 Å². The van der Waals surface area contributed by atoms with Gasteiger partial charge in [-0.05, 0) is 55.5 Å². The van der Waals surface area contributed by atoms with Gasteiger partial charge in [-0.1, -0.05) is 58.6 Å². The van der Waals surface area contributed by atoms with E-state index in [4.69, 9.17) is 34.8 Å². The van der Waals surface area contributed by atoms with Crippen molar-refractivity contribution < 1.29 is 4.79 Å². The highest BCUT2D eigenvalue weighted by molar-refractivity contribution is 6.42. The maximum atomic E-state index is 12.8. The van der Waals surface area contributed by atoms with E-state index < -0.39 is 5.91 Å². The Labute approximate surface area is 188 Å². The molecule has 0 aliphatic rings. The van der Waals surface area contributed by atoms with Crippen molar-refractivity contribution in [2.24, 2.45) is 0 Å². The number of hydrogen-bond donors (Lipinski definition) is 1. The lowest BCUT2D eigenvalue weighted by molar-refractivity contribution is 0.101. The predicted molar refractivity (Wildman–Crippen MR) is 121 cm³/mol. The second kappa shape index (κ2) is 8.48. The van der Waals surface area contributed by atoms with E-state index in [0.29, 0.717) is 26.6 Å². The smallest absolute Gasteiger partial charge is 0.295 e. The molecule has 0 aliphatic heterocycles. The third kappa shape index (κ3) is 4.33. The first-order valence-electron chi connectivity index (χ1n) is 8.97. The van der Waals surface area contributed by atoms with Crippen molar-refractivity contribution in [1.29, 1.82) is 0 Å². The highest BCUT2D eigenvalue weighted by Gasteiger charge is 2.19. The van der Waals surface area contributed by atoms with Crippen molar-refractivity contribution in [2.75, 3.05) is 5.32 Å². The molecule has 0 saturated heterocycles. The second-order valence-electron chi connectivity index (χ2n) is 6.60. The van der Waals surface area contributed by atoms with E-state index in [1.54, 1.807) is 35.0 Å². The standard InChI is InChI=1S/C22H15Cl3N4O/c1-13-3-2-4-14(11-13)21-27-20(28-29(21)17-8-5-15(23)6-9-17)22(30)26-16-7-10-18(24)19(25)12-16/h2-12H,1H3,(H,26,30). The van der Waals surface area contributed by atoms with Crippen LogP contribution in [0.25, 0.3) is 17.1 Å². The molecule has 1 heterocycles. The highest BCUT2D eigenvalue weighted by Crippen LogP contribution is 2.26. The molecule has 0 fully saturated rings. The molecular formula is C22H15Cl3N4O. The summed E-state index contributed by atoms with van der Waals surface area (Å²) < 4.78 is 1.62. The molecule has 4 aromatic rings. The Kier molecular flexibility index (Phi) is 5.77. The van der Waals surface area contributed by atoms with Crippen molar-refractivity contribution in [2.45, 2.75) is 6.92 Å². The predicted octanol–water partition coefficient (Wildman–Crippen LogP) is 6.46. The highest BCUT2D eigenvalue weighted by atomic mass is 35.5. The van der Waals surface area contributed by atoms with Crippen LogP contribution in [0, 0.1) is 6.92 Å². The van der Waals surface area contributed by atoms with Gasteiger partial charge in [0, 0.05) is 16.3 Å². The molecule has 0 radical (unpaired) electrons. The quantitative estimate of drug-likeness (QED) is 0.383. The van der Waals surface area contributed by atoms with Crippen molar-refractivity contribution in [3.8, 4) is 17.1 Å².